The van der Waals surface area contributed by atoms with Gasteiger partial charge < -0.3 is 0 Å². The van der Waals surface area contributed by atoms with E-state index in [0.29, 0.717) is 5.92 Å². The highest BCUT2D eigenvalue weighted by molar-refractivity contribution is 9.10. The lowest BCUT2D eigenvalue weighted by Crippen LogP contribution is -1.94. The van der Waals surface area contributed by atoms with Gasteiger partial charge in [0.1, 0.15) is 0 Å². The standard InChI is InChI=1S/C13H19Br/c1-3-4-5-8-11(2)12-9-6-7-10-13(12)14/h6-7,9-11H,3-5,8H2,1-2H3. The molecule has 14 heavy (non-hydrogen) atoms. The Morgan fingerprint density at radius 1 is 1.21 bits per heavy atom. The molecule has 0 spiro atoms. The minimum absolute atomic E-state index is 0.678. The van der Waals surface area contributed by atoms with Gasteiger partial charge in [-0.25, -0.2) is 0 Å². The summed E-state index contributed by atoms with van der Waals surface area (Å²) in [7, 11) is 0. The minimum atomic E-state index is 0.678. The Morgan fingerprint density at radius 2 is 1.93 bits per heavy atom. The molecule has 0 heterocycles. The van der Waals surface area contributed by atoms with Crippen LogP contribution in [-0.4, -0.2) is 0 Å². The Hall–Kier alpha value is -0.300. The van der Waals surface area contributed by atoms with Crippen molar-refractivity contribution in [3.63, 3.8) is 0 Å². The van der Waals surface area contributed by atoms with E-state index in [1.165, 1.54) is 35.7 Å². The summed E-state index contributed by atoms with van der Waals surface area (Å²) in [6.07, 6.45) is 5.31. The SMILES string of the molecule is CCCCCC(C)c1ccccc1Br. The molecule has 0 radical (unpaired) electrons. The molecule has 0 amide bonds. The molecule has 1 aromatic carbocycles. The first-order valence-electron chi connectivity index (χ1n) is 5.50. The van der Waals surface area contributed by atoms with Crippen LogP contribution < -0.4 is 0 Å². The van der Waals surface area contributed by atoms with Gasteiger partial charge in [0.2, 0.25) is 0 Å². The van der Waals surface area contributed by atoms with Gasteiger partial charge in [-0.1, -0.05) is 67.2 Å². The van der Waals surface area contributed by atoms with Crippen LogP contribution in [0.3, 0.4) is 0 Å². The first-order chi connectivity index (χ1) is 6.75. The highest BCUT2D eigenvalue weighted by Crippen LogP contribution is 2.28. The summed E-state index contributed by atoms with van der Waals surface area (Å²) in [5.74, 6) is 0.678. The van der Waals surface area contributed by atoms with Crippen LogP contribution in [0.2, 0.25) is 0 Å². The molecule has 0 aliphatic rings. The molecule has 0 saturated carbocycles. The summed E-state index contributed by atoms with van der Waals surface area (Å²) in [5, 5.41) is 0. The van der Waals surface area contributed by atoms with Crippen LogP contribution >= 0.6 is 15.9 Å². The summed E-state index contributed by atoms with van der Waals surface area (Å²) in [5.41, 5.74) is 1.45. The number of rotatable bonds is 5. The highest BCUT2D eigenvalue weighted by Gasteiger charge is 2.07. The molecule has 1 aromatic rings. The quantitative estimate of drug-likeness (QED) is 0.639. The summed E-state index contributed by atoms with van der Waals surface area (Å²) >= 11 is 3.61. The van der Waals surface area contributed by atoms with Crippen molar-refractivity contribution in [2.24, 2.45) is 0 Å². The highest BCUT2D eigenvalue weighted by atomic mass is 79.9. The van der Waals surface area contributed by atoms with Crippen molar-refractivity contribution in [2.75, 3.05) is 0 Å². The van der Waals surface area contributed by atoms with Gasteiger partial charge in [-0.2, -0.15) is 0 Å². The zero-order valence-electron chi connectivity index (χ0n) is 9.09. The van der Waals surface area contributed by atoms with Gasteiger partial charge in [0, 0.05) is 4.47 Å². The zero-order chi connectivity index (χ0) is 10.4. The topological polar surface area (TPSA) is 0 Å². The average molecular weight is 255 g/mol. The van der Waals surface area contributed by atoms with Crippen molar-refractivity contribution in [2.45, 2.75) is 45.4 Å². The minimum Gasteiger partial charge on any atom is -0.0654 e. The van der Waals surface area contributed by atoms with E-state index >= 15 is 0 Å². The average Bonchev–Trinajstić information content (AvgIpc) is 2.18. The lowest BCUT2D eigenvalue weighted by Gasteiger charge is -2.13. The second-order valence-corrected chi connectivity index (χ2v) is 4.77. The van der Waals surface area contributed by atoms with Crippen LogP contribution in [0.5, 0.6) is 0 Å². The largest absolute Gasteiger partial charge is 0.0654 e. The molecule has 78 valence electrons. The van der Waals surface area contributed by atoms with Gasteiger partial charge >= 0.3 is 0 Å². The molecule has 0 aliphatic heterocycles. The monoisotopic (exact) mass is 254 g/mol. The van der Waals surface area contributed by atoms with E-state index in [2.05, 4.69) is 54.0 Å². The lowest BCUT2D eigenvalue weighted by atomic mass is 9.95. The molecule has 1 heteroatoms. The van der Waals surface area contributed by atoms with Crippen LogP contribution in [-0.2, 0) is 0 Å². The Balaban J connectivity index is 2.51. The van der Waals surface area contributed by atoms with Crippen molar-refractivity contribution < 1.29 is 0 Å². The van der Waals surface area contributed by atoms with Crippen LogP contribution in [0.4, 0.5) is 0 Å². The van der Waals surface area contributed by atoms with E-state index in [0.717, 1.165) is 0 Å². The van der Waals surface area contributed by atoms with Crippen molar-refractivity contribution in [1.82, 2.24) is 0 Å². The smallest absolute Gasteiger partial charge is 0.0210 e. The molecule has 1 rings (SSSR count). The number of halogens is 1. The maximum atomic E-state index is 3.61. The zero-order valence-corrected chi connectivity index (χ0v) is 10.7. The van der Waals surface area contributed by atoms with Crippen molar-refractivity contribution in [3.8, 4) is 0 Å². The molecule has 0 aromatic heterocycles. The number of unbranched alkanes of at least 4 members (excludes halogenated alkanes) is 2. The Morgan fingerprint density at radius 3 is 2.57 bits per heavy atom. The fourth-order valence-corrected chi connectivity index (χ4v) is 2.41. The molecule has 1 unspecified atom stereocenters. The van der Waals surface area contributed by atoms with E-state index < -0.39 is 0 Å². The molecule has 0 nitrogen and oxygen atoms in total. The van der Waals surface area contributed by atoms with E-state index in [9.17, 15) is 0 Å². The summed E-state index contributed by atoms with van der Waals surface area (Å²) in [6, 6.07) is 8.55. The first-order valence-corrected chi connectivity index (χ1v) is 6.29. The van der Waals surface area contributed by atoms with Crippen molar-refractivity contribution in [3.05, 3.63) is 34.3 Å². The molecular formula is C13H19Br. The molecule has 0 N–H and O–H groups in total. The number of hydrogen-bond donors (Lipinski definition) is 0. The molecule has 0 bridgehead atoms. The fraction of sp³-hybridized carbons (Fsp3) is 0.538. The molecule has 1 atom stereocenters. The molecule has 0 saturated heterocycles. The van der Waals surface area contributed by atoms with Crippen LogP contribution in [0.1, 0.15) is 51.0 Å². The van der Waals surface area contributed by atoms with Gasteiger partial charge in [0.15, 0.2) is 0 Å². The van der Waals surface area contributed by atoms with Crippen LogP contribution in [0.25, 0.3) is 0 Å². The second-order valence-electron chi connectivity index (χ2n) is 3.92. The first kappa shape index (κ1) is 11.8. The number of hydrogen-bond acceptors (Lipinski definition) is 0. The van der Waals surface area contributed by atoms with Gasteiger partial charge in [0.05, 0.1) is 0 Å². The van der Waals surface area contributed by atoms with Crippen LogP contribution in [0.15, 0.2) is 28.7 Å². The summed E-state index contributed by atoms with van der Waals surface area (Å²) < 4.78 is 1.25. The van der Waals surface area contributed by atoms with E-state index in [1.807, 2.05) is 0 Å². The van der Waals surface area contributed by atoms with E-state index in [4.69, 9.17) is 0 Å². The van der Waals surface area contributed by atoms with Gasteiger partial charge in [-0.3, -0.25) is 0 Å². The van der Waals surface area contributed by atoms with Crippen molar-refractivity contribution >= 4 is 15.9 Å². The maximum Gasteiger partial charge on any atom is 0.0210 e. The predicted molar refractivity (Wildman–Crippen MR) is 66.7 cm³/mol. The molecule has 0 fully saturated rings. The lowest BCUT2D eigenvalue weighted by molar-refractivity contribution is 0.597. The summed E-state index contributed by atoms with van der Waals surface area (Å²) in [4.78, 5) is 0. The summed E-state index contributed by atoms with van der Waals surface area (Å²) in [6.45, 7) is 4.57. The van der Waals surface area contributed by atoms with Crippen LogP contribution in [0, 0.1) is 0 Å². The van der Waals surface area contributed by atoms with Gasteiger partial charge in [0.25, 0.3) is 0 Å². The Kier molecular flexibility index (Phi) is 5.24. The predicted octanol–water partition coefficient (Wildman–Crippen LogP) is 5.13. The number of benzene rings is 1. The fourth-order valence-electron chi connectivity index (χ4n) is 1.73. The van der Waals surface area contributed by atoms with E-state index in [-0.39, 0.29) is 0 Å². The van der Waals surface area contributed by atoms with E-state index in [1.54, 1.807) is 0 Å². The third-order valence-corrected chi connectivity index (χ3v) is 3.40. The van der Waals surface area contributed by atoms with Gasteiger partial charge in [-0.05, 0) is 24.0 Å². The Bertz CT molecular complexity index is 268. The third kappa shape index (κ3) is 3.45. The third-order valence-electron chi connectivity index (χ3n) is 2.68. The molecular weight excluding hydrogens is 236 g/mol. The second kappa shape index (κ2) is 6.23. The Labute approximate surface area is 95.9 Å². The van der Waals surface area contributed by atoms with Gasteiger partial charge in [-0.15, -0.1) is 0 Å². The normalized spacial score (nSPS) is 12.8. The van der Waals surface area contributed by atoms with Crippen molar-refractivity contribution in [1.29, 1.82) is 0 Å². The maximum absolute atomic E-state index is 3.61. The molecule has 0 aliphatic carbocycles.